The van der Waals surface area contributed by atoms with Crippen molar-refractivity contribution in [2.45, 2.75) is 26.1 Å². The fourth-order valence-electron chi connectivity index (χ4n) is 0.388. The van der Waals surface area contributed by atoms with Crippen molar-refractivity contribution >= 4 is 6.86 Å². The zero-order valence-corrected chi connectivity index (χ0v) is 7.85. The van der Waals surface area contributed by atoms with Crippen LogP contribution in [0.3, 0.4) is 0 Å². The van der Waals surface area contributed by atoms with E-state index in [1.165, 1.54) is 0 Å². The average molecular weight is 370 g/mol. The molecular formula is C5H8CfFO2. The molecular weight excluding hydrogens is 362 g/mol. The van der Waals surface area contributed by atoms with E-state index >= 15 is 0 Å². The normalized spacial score (nSPS) is 33.9. The van der Waals surface area contributed by atoms with Crippen molar-refractivity contribution < 1.29 is 14.2 Å². The van der Waals surface area contributed by atoms with Gasteiger partial charge in [0.2, 0.25) is 0 Å². The second-order valence-corrected chi connectivity index (χ2v) is 4.03. The topological polar surface area (TPSA) is 18.5 Å². The fraction of sp³-hybridized carbons (Fsp3) is 0.800. The first-order valence-electron chi connectivity index (χ1n) is 2.65. The predicted molar refractivity (Wildman–Crippen MR) is 27.0 cm³/mol. The van der Waals surface area contributed by atoms with Gasteiger partial charge in [0.15, 0.2) is 0 Å². The number of ether oxygens (including phenoxy) is 1. The first kappa shape index (κ1) is 5.85. The molecule has 1 aliphatic heterocycles. The summed E-state index contributed by atoms with van der Waals surface area (Å²) in [5.41, 5.74) is 0. The van der Waals surface area contributed by atoms with Gasteiger partial charge in [0.05, 0.1) is 0 Å². The van der Waals surface area contributed by atoms with Crippen LogP contribution in [0.2, 0.25) is 0 Å². The molecule has 2 nitrogen and oxygen atoms in total. The molecule has 0 N–H and O–H groups in total. The van der Waals surface area contributed by atoms with E-state index in [2.05, 4.69) is 0 Å². The van der Waals surface area contributed by atoms with Crippen LogP contribution < -0.4 is 0 Å². The Bertz CT molecular complexity index is 148. The molecule has 0 spiro atoms. The molecule has 9 heavy (non-hydrogen) atoms. The second-order valence-electron chi connectivity index (χ2n) is 1.92. The van der Waals surface area contributed by atoms with Gasteiger partial charge in [-0.3, -0.25) is 0 Å². The zero-order chi connectivity index (χ0) is 6.91. The Morgan fingerprint density at radius 1 is 1.78 bits per heavy atom. The summed E-state index contributed by atoms with van der Waals surface area (Å²) in [6, 6.07) is 0. The number of halogens is 1. The first-order valence-corrected chi connectivity index (χ1v) is 5.04. The van der Waals surface area contributed by atoms with Gasteiger partial charge >= 0.3 is 47.1 Å². The van der Waals surface area contributed by atoms with Crippen LogP contribution in [0.4, 0.5) is 4.39 Å². The molecule has 1 atom stereocenters. The van der Waals surface area contributed by atoms with E-state index in [0.29, 0.717) is 6.42 Å². The van der Waals surface area contributed by atoms with E-state index in [-0.39, 0.29) is 6.86 Å². The quantitative estimate of drug-likeness (QED) is 0.691. The summed E-state index contributed by atoms with van der Waals surface area (Å²) < 4.78 is 15.8. The van der Waals surface area contributed by atoms with Gasteiger partial charge in [-0.05, 0) is 0 Å². The van der Waals surface area contributed by atoms with Crippen LogP contribution in [0.5, 0.6) is 0 Å². The van der Waals surface area contributed by atoms with Gasteiger partial charge in [-0.2, -0.15) is 0 Å². The summed E-state index contributed by atoms with van der Waals surface area (Å²) in [5, 5.41) is 5.12. The van der Waals surface area contributed by atoms with Crippen molar-refractivity contribution in [3.05, 3.63) is 0 Å². The van der Waals surface area contributed by atoms with Crippen LogP contribution >= 0.6 is 0 Å². The Hall–Kier alpha value is -1.28. The molecule has 1 unspecified atom stereocenters. The van der Waals surface area contributed by atoms with E-state index in [0.717, 1.165) is 0 Å². The zero-order valence-electron chi connectivity index (χ0n) is 5.22. The summed E-state index contributed by atoms with van der Waals surface area (Å²) in [4.78, 5) is 0. The third kappa shape index (κ3) is 0.925. The van der Waals surface area contributed by atoms with E-state index in [1.54, 1.807) is 6.92 Å². The SMILES string of the molecule is CCC1(C)[O][Cf]=[C](F)O1. The van der Waals surface area contributed by atoms with E-state index in [9.17, 15) is 4.39 Å². The van der Waals surface area contributed by atoms with Crippen molar-refractivity contribution in [1.82, 2.24) is 0 Å². The van der Waals surface area contributed by atoms with Gasteiger partial charge in [0, 0.05) is 0 Å². The second kappa shape index (κ2) is 1.60. The molecule has 0 bridgehead atoms. The minimum absolute atomic E-state index is 0.367. The molecule has 0 saturated carbocycles. The molecule has 4 heteroatoms. The average Bonchev–Trinajstić information content (AvgIpc) is 2.13. The van der Waals surface area contributed by atoms with Gasteiger partial charge in [-0.15, -0.1) is 0 Å². The monoisotopic (exact) mass is 368 g/mol. The van der Waals surface area contributed by atoms with Crippen LogP contribution in [-0.4, -0.2) is 12.6 Å². The molecule has 0 aromatic rings. The molecule has 0 amide bonds. The molecule has 0 radical (unpaired) electrons. The molecule has 0 aliphatic carbocycles. The molecule has 0 fully saturated rings. The molecule has 1 rings (SSSR count). The van der Waals surface area contributed by atoms with Gasteiger partial charge in [-0.25, -0.2) is 0 Å². The van der Waals surface area contributed by atoms with Crippen LogP contribution in [-0.2, 0) is 9.84 Å². The molecule has 1 aliphatic rings. The first-order chi connectivity index (χ1) is 4.16. The number of hydrogen-bond acceptors (Lipinski definition) is 2. The van der Waals surface area contributed by atoms with Gasteiger partial charge < -0.3 is 0 Å². The van der Waals surface area contributed by atoms with Crippen molar-refractivity contribution in [2.75, 3.05) is 0 Å². The summed E-state index contributed by atoms with van der Waals surface area (Å²) in [6.45, 7) is 3.30. The maximum atomic E-state index is 12.2. The van der Waals surface area contributed by atoms with Crippen molar-refractivity contribution in [3.63, 3.8) is 0 Å². The molecule has 0 aromatic heterocycles. The van der Waals surface area contributed by atoms with E-state index in [1.807, 2.05) is 6.92 Å². The van der Waals surface area contributed by atoms with Crippen LogP contribution in [0, 0.1) is 0 Å². The van der Waals surface area contributed by atoms with Crippen molar-refractivity contribution in [1.29, 1.82) is 0 Å². The molecule has 57 valence electrons. The van der Waals surface area contributed by atoms with Crippen molar-refractivity contribution in [2.24, 2.45) is 0 Å². The summed E-state index contributed by atoms with van der Waals surface area (Å²) in [6.07, 6.45) is 0.704. The van der Waals surface area contributed by atoms with Gasteiger partial charge in [0.25, 0.3) is 0 Å². The predicted octanol–water partition coefficient (Wildman–Crippen LogP) is 1.22. The van der Waals surface area contributed by atoms with E-state index < -0.39 is 5.79 Å². The molecule has 0 saturated heterocycles. The van der Waals surface area contributed by atoms with Crippen LogP contribution in [0.15, 0.2) is 0 Å². The van der Waals surface area contributed by atoms with Gasteiger partial charge in [-0.1, -0.05) is 0 Å². The molecule has 0 aromatic carbocycles. The van der Waals surface area contributed by atoms with E-state index in [4.69, 9.17) is 9.84 Å². The third-order valence-electron chi connectivity index (χ3n) is 1.15. The Balaban J connectivity index is 2.53. The third-order valence-corrected chi connectivity index (χ3v) is 3.25. The van der Waals surface area contributed by atoms with Crippen LogP contribution in [0.1, 0.15) is 20.3 Å². The molecule has 1 heterocycles. The number of hydrogen-bond donors (Lipinski definition) is 0. The summed E-state index contributed by atoms with van der Waals surface area (Å²) >= 11 is 0. The van der Waals surface area contributed by atoms with Crippen molar-refractivity contribution in [3.8, 4) is 0 Å². The summed E-state index contributed by atoms with van der Waals surface area (Å²) in [7, 11) is 0. The van der Waals surface area contributed by atoms with Crippen LogP contribution in [0.25, 0.3) is 0 Å². The Labute approximate surface area is 48.3 Å². The van der Waals surface area contributed by atoms with Gasteiger partial charge in [0.1, 0.15) is 0 Å². The Morgan fingerprint density at radius 3 is 2.67 bits per heavy atom. The summed E-state index contributed by atoms with van der Waals surface area (Å²) in [5.74, 6) is -0.639. The maximum absolute atomic E-state index is 12.2. The fourth-order valence-corrected chi connectivity index (χ4v) is 2.34. The standard InChI is InChI=1S/C5H8FO2.Cf/c1-3-5(2,7)8-4-6;/h3H2,1-2H3;/q-1;+1. The Morgan fingerprint density at radius 2 is 2.44 bits per heavy atom. The Kier molecular flexibility index (Phi) is 1.04. The number of rotatable bonds is 1. The minimum atomic E-state index is -1.19.